The van der Waals surface area contributed by atoms with Gasteiger partial charge in [0.2, 0.25) is 5.89 Å². The summed E-state index contributed by atoms with van der Waals surface area (Å²) in [5.74, 6) is 0.392. The molecular formula is C4H5N2NaO3S. The largest absolute Gasteiger partial charge is 1.00 e. The topological polar surface area (TPSA) is 79.0 Å². The van der Waals surface area contributed by atoms with Gasteiger partial charge in [0.1, 0.15) is 0 Å². The number of hydrogen-bond donors (Lipinski definition) is 0. The van der Waals surface area contributed by atoms with Gasteiger partial charge in [0.05, 0.1) is 5.75 Å². The first-order chi connectivity index (χ1) is 4.68. The smallest absolute Gasteiger partial charge is 0.772 e. The molecule has 1 aromatic heterocycles. The van der Waals surface area contributed by atoms with E-state index in [4.69, 9.17) is 0 Å². The van der Waals surface area contributed by atoms with Gasteiger partial charge in [0, 0.05) is 6.92 Å². The third-order valence-electron chi connectivity index (χ3n) is 0.817. The average molecular weight is 184 g/mol. The third-order valence-corrected chi connectivity index (χ3v) is 1.31. The number of hydrogen-bond acceptors (Lipinski definition) is 5. The average Bonchev–Trinajstić information content (AvgIpc) is 2.13. The minimum absolute atomic E-state index is 0. The molecule has 0 aliphatic carbocycles. The Kier molecular flexibility index (Phi) is 5.11. The molecule has 0 spiro atoms. The van der Waals surface area contributed by atoms with Gasteiger partial charge in [-0.05, 0) is 11.1 Å². The van der Waals surface area contributed by atoms with Crippen LogP contribution in [0.5, 0.6) is 0 Å². The quantitative estimate of drug-likeness (QED) is 0.356. The summed E-state index contributed by atoms with van der Waals surface area (Å²) >= 11 is -2.14. The van der Waals surface area contributed by atoms with E-state index in [1.165, 1.54) is 0 Å². The van der Waals surface area contributed by atoms with Crippen LogP contribution in [0, 0.1) is 6.92 Å². The van der Waals surface area contributed by atoms with Crippen LogP contribution in [0.4, 0.5) is 0 Å². The van der Waals surface area contributed by atoms with E-state index in [0.717, 1.165) is 0 Å². The summed E-state index contributed by atoms with van der Waals surface area (Å²) in [6, 6.07) is 0. The van der Waals surface area contributed by atoms with Crippen molar-refractivity contribution in [3.8, 4) is 0 Å². The Labute approximate surface area is 88.1 Å². The van der Waals surface area contributed by atoms with Crippen LogP contribution in [-0.4, -0.2) is 18.9 Å². The molecule has 11 heavy (non-hydrogen) atoms. The summed E-state index contributed by atoms with van der Waals surface area (Å²) in [5.41, 5.74) is 0. The molecule has 1 rings (SSSR count). The second-order valence-corrected chi connectivity index (χ2v) is 2.57. The first kappa shape index (κ1) is 11.2. The maximum absolute atomic E-state index is 10.1. The van der Waals surface area contributed by atoms with Gasteiger partial charge < -0.3 is 9.08 Å². The summed E-state index contributed by atoms with van der Waals surface area (Å²) in [4.78, 5) is 3.68. The molecule has 0 radical (unpaired) electrons. The monoisotopic (exact) mass is 184 g/mol. The molecule has 7 heteroatoms. The maximum atomic E-state index is 10.1. The second kappa shape index (κ2) is 5.00. The van der Waals surface area contributed by atoms with Gasteiger partial charge >= 0.3 is 29.6 Å². The van der Waals surface area contributed by atoms with Gasteiger partial charge in [-0.25, -0.2) is 0 Å². The Morgan fingerprint density at radius 1 is 1.73 bits per heavy atom. The van der Waals surface area contributed by atoms with Gasteiger partial charge in [-0.1, -0.05) is 5.16 Å². The molecule has 1 heterocycles. The SMILES string of the molecule is Cc1nc(CS(=O)[O-])no1.[Na+]. The molecule has 0 fully saturated rings. The van der Waals surface area contributed by atoms with Crippen LogP contribution in [0.2, 0.25) is 0 Å². The first-order valence-corrected chi connectivity index (χ1v) is 3.78. The van der Waals surface area contributed by atoms with E-state index in [0.29, 0.717) is 5.89 Å². The van der Waals surface area contributed by atoms with Crippen molar-refractivity contribution in [1.29, 1.82) is 0 Å². The van der Waals surface area contributed by atoms with E-state index in [9.17, 15) is 8.76 Å². The van der Waals surface area contributed by atoms with Gasteiger partial charge in [0.15, 0.2) is 5.82 Å². The molecule has 0 aliphatic heterocycles. The van der Waals surface area contributed by atoms with Crippen LogP contribution in [0.25, 0.3) is 0 Å². The van der Waals surface area contributed by atoms with Gasteiger partial charge in [-0.15, -0.1) is 0 Å². The molecule has 1 unspecified atom stereocenters. The van der Waals surface area contributed by atoms with Crippen LogP contribution in [0.15, 0.2) is 4.52 Å². The van der Waals surface area contributed by atoms with Crippen LogP contribution in [0.3, 0.4) is 0 Å². The number of nitrogens with zero attached hydrogens (tertiary/aromatic N) is 2. The number of aryl methyl sites for hydroxylation is 1. The first-order valence-electron chi connectivity index (χ1n) is 2.53. The second-order valence-electron chi connectivity index (χ2n) is 1.68. The van der Waals surface area contributed by atoms with Crippen molar-refractivity contribution in [1.82, 2.24) is 10.1 Å². The summed E-state index contributed by atoms with van der Waals surface area (Å²) in [5, 5.41) is 3.38. The molecule has 5 nitrogen and oxygen atoms in total. The van der Waals surface area contributed by atoms with E-state index in [1.807, 2.05) is 0 Å². The molecular weight excluding hydrogens is 179 g/mol. The Balaban J connectivity index is 0.000001000. The molecule has 0 N–H and O–H groups in total. The summed E-state index contributed by atoms with van der Waals surface area (Å²) in [6.07, 6.45) is 0. The Bertz CT molecular complexity index is 251. The van der Waals surface area contributed by atoms with Crippen molar-refractivity contribution in [3.05, 3.63) is 11.7 Å². The number of aromatic nitrogens is 2. The van der Waals surface area contributed by atoms with Crippen LogP contribution >= 0.6 is 0 Å². The van der Waals surface area contributed by atoms with Crippen molar-refractivity contribution in [2.24, 2.45) is 0 Å². The van der Waals surface area contributed by atoms with Gasteiger partial charge in [-0.3, -0.25) is 4.21 Å². The fraction of sp³-hybridized carbons (Fsp3) is 0.500. The summed E-state index contributed by atoms with van der Waals surface area (Å²) < 4.78 is 24.6. The maximum Gasteiger partial charge on any atom is 1.00 e. The molecule has 0 aliphatic rings. The third kappa shape index (κ3) is 3.97. The standard InChI is InChI=1S/C4H6N2O3S.Na/c1-3-5-4(6-9-3)2-10(7)8;/h2H2,1H3,(H,7,8);/q;+1/p-1. The molecule has 0 saturated carbocycles. The Hall–Kier alpha value is 0.250. The molecule has 0 amide bonds. The van der Waals surface area contributed by atoms with Crippen LogP contribution in [0.1, 0.15) is 11.7 Å². The van der Waals surface area contributed by atoms with Crippen LogP contribution in [-0.2, 0) is 16.8 Å². The Morgan fingerprint density at radius 3 is 2.73 bits per heavy atom. The van der Waals surface area contributed by atoms with E-state index in [-0.39, 0.29) is 41.1 Å². The van der Waals surface area contributed by atoms with E-state index >= 15 is 0 Å². The van der Waals surface area contributed by atoms with Gasteiger partial charge in [-0.2, -0.15) is 4.98 Å². The molecule has 56 valence electrons. The zero-order chi connectivity index (χ0) is 7.56. The van der Waals surface area contributed by atoms with E-state index in [2.05, 4.69) is 14.7 Å². The predicted molar refractivity (Wildman–Crippen MR) is 31.7 cm³/mol. The van der Waals surface area contributed by atoms with Crippen molar-refractivity contribution < 1.29 is 42.8 Å². The molecule has 0 bridgehead atoms. The normalized spacial score (nSPS) is 12.2. The van der Waals surface area contributed by atoms with Crippen molar-refractivity contribution >= 4 is 11.1 Å². The molecule has 1 atom stereocenters. The zero-order valence-corrected chi connectivity index (χ0v) is 9.05. The predicted octanol–water partition coefficient (Wildman–Crippen LogP) is -3.24. The van der Waals surface area contributed by atoms with Crippen LogP contribution < -0.4 is 29.6 Å². The van der Waals surface area contributed by atoms with Crippen molar-refractivity contribution in [2.45, 2.75) is 12.7 Å². The molecule has 0 aromatic carbocycles. The summed E-state index contributed by atoms with van der Waals surface area (Å²) in [6.45, 7) is 1.60. The minimum atomic E-state index is -2.14. The van der Waals surface area contributed by atoms with Crippen molar-refractivity contribution in [2.75, 3.05) is 0 Å². The zero-order valence-electron chi connectivity index (χ0n) is 6.23. The molecule has 0 saturated heterocycles. The van der Waals surface area contributed by atoms with Crippen molar-refractivity contribution in [3.63, 3.8) is 0 Å². The minimum Gasteiger partial charge on any atom is -0.772 e. The summed E-state index contributed by atoms with van der Waals surface area (Å²) in [7, 11) is 0. The van der Waals surface area contributed by atoms with Gasteiger partial charge in [0.25, 0.3) is 0 Å². The Morgan fingerprint density at radius 2 is 2.36 bits per heavy atom. The fourth-order valence-corrected chi connectivity index (χ4v) is 0.833. The number of rotatable bonds is 2. The fourth-order valence-electron chi connectivity index (χ4n) is 0.505. The molecule has 1 aromatic rings. The van der Waals surface area contributed by atoms with E-state index < -0.39 is 11.1 Å². The van der Waals surface area contributed by atoms with E-state index in [1.54, 1.807) is 6.92 Å².